The molecule has 2 aliphatic rings. The molecule has 4 rings (SSSR count). The number of hydrogen-bond donors (Lipinski definition) is 0. The molecule has 0 aromatic carbocycles. The monoisotopic (exact) mass is 313 g/mol. The summed E-state index contributed by atoms with van der Waals surface area (Å²) in [5.74, 6) is 0.786. The minimum atomic E-state index is 0.194. The largest absolute Gasteiger partial charge is 0.379 e. The van der Waals surface area contributed by atoms with Crippen LogP contribution >= 0.6 is 0 Å². The smallest absolute Gasteiger partial charge is 0.105 e. The van der Waals surface area contributed by atoms with Gasteiger partial charge in [-0.1, -0.05) is 5.21 Å². The van der Waals surface area contributed by atoms with E-state index in [2.05, 4.69) is 32.3 Å². The molecule has 0 N–H and O–H groups in total. The average Bonchev–Trinajstić information content (AvgIpc) is 3.32. The average molecular weight is 313 g/mol. The van der Waals surface area contributed by atoms with Crippen molar-refractivity contribution < 1.29 is 4.74 Å². The highest BCUT2D eigenvalue weighted by Crippen LogP contribution is 2.32. The zero-order valence-corrected chi connectivity index (χ0v) is 13.6. The Bertz CT molecular complexity index is 652. The van der Waals surface area contributed by atoms with Crippen LogP contribution in [0.1, 0.15) is 35.8 Å². The molecule has 1 atom stereocenters. The van der Waals surface area contributed by atoms with Crippen molar-refractivity contribution in [3.63, 3.8) is 0 Å². The van der Waals surface area contributed by atoms with Crippen molar-refractivity contribution in [3.8, 4) is 0 Å². The maximum atomic E-state index is 6.00. The highest BCUT2D eigenvalue weighted by atomic mass is 16.5. The predicted molar refractivity (Wildman–Crippen MR) is 85.6 cm³/mol. The molecule has 23 heavy (non-hydrogen) atoms. The maximum Gasteiger partial charge on any atom is 0.105 e. The molecule has 1 aliphatic heterocycles. The lowest BCUT2D eigenvalue weighted by Crippen LogP contribution is -2.38. The van der Waals surface area contributed by atoms with Gasteiger partial charge < -0.3 is 4.74 Å². The van der Waals surface area contributed by atoms with Crippen LogP contribution < -0.4 is 0 Å². The predicted octanol–water partition coefficient (Wildman–Crippen LogP) is 1.74. The summed E-state index contributed by atoms with van der Waals surface area (Å²) in [7, 11) is 1.98. The molecule has 2 aromatic heterocycles. The first kappa shape index (κ1) is 14.8. The van der Waals surface area contributed by atoms with E-state index < -0.39 is 0 Å². The van der Waals surface area contributed by atoms with Gasteiger partial charge in [-0.25, -0.2) is 0 Å². The van der Waals surface area contributed by atoms with Gasteiger partial charge in [0, 0.05) is 45.6 Å². The Morgan fingerprint density at radius 3 is 2.83 bits per heavy atom. The number of rotatable bonds is 6. The van der Waals surface area contributed by atoms with Gasteiger partial charge in [0.1, 0.15) is 5.69 Å². The van der Waals surface area contributed by atoms with E-state index in [1.807, 2.05) is 24.1 Å². The van der Waals surface area contributed by atoms with E-state index in [1.165, 1.54) is 24.1 Å². The van der Waals surface area contributed by atoms with Gasteiger partial charge in [0.15, 0.2) is 0 Å². The first-order valence-electron chi connectivity index (χ1n) is 8.40. The minimum absolute atomic E-state index is 0.194. The van der Waals surface area contributed by atoms with Gasteiger partial charge in [0.25, 0.3) is 0 Å². The van der Waals surface area contributed by atoms with E-state index in [9.17, 15) is 0 Å². The number of aromatic nitrogens is 4. The maximum absolute atomic E-state index is 6.00. The zero-order valence-electron chi connectivity index (χ0n) is 13.6. The van der Waals surface area contributed by atoms with Crippen LogP contribution in [0.2, 0.25) is 0 Å². The van der Waals surface area contributed by atoms with Crippen LogP contribution in [-0.2, 0) is 24.8 Å². The van der Waals surface area contributed by atoms with Crippen molar-refractivity contribution in [2.75, 3.05) is 19.8 Å². The molecule has 0 radical (unpaired) electrons. The summed E-state index contributed by atoms with van der Waals surface area (Å²) in [4.78, 5) is 6.56. The number of pyridine rings is 1. The van der Waals surface area contributed by atoms with Crippen LogP contribution in [0.5, 0.6) is 0 Å². The normalized spacial score (nSPS) is 21.3. The van der Waals surface area contributed by atoms with Gasteiger partial charge in [-0.3, -0.25) is 14.6 Å². The Balaban J connectivity index is 1.51. The van der Waals surface area contributed by atoms with Crippen LogP contribution in [0.3, 0.4) is 0 Å². The molecule has 3 heterocycles. The standard InChI is InChI=1S/C17H23N5O/c1-21-15-6-9-22(10-13-4-7-18-8-5-13)16(17(15)19-20-21)12-23-11-14-2-3-14/h4-5,7-8,14,16H,2-3,6,9-12H2,1H3/t16-/m1/s1. The fourth-order valence-corrected chi connectivity index (χ4v) is 3.25. The topological polar surface area (TPSA) is 56.1 Å². The van der Waals surface area contributed by atoms with Gasteiger partial charge in [-0.15, -0.1) is 5.10 Å². The van der Waals surface area contributed by atoms with Crippen molar-refractivity contribution >= 4 is 0 Å². The Labute approximate surface area is 136 Å². The van der Waals surface area contributed by atoms with Gasteiger partial charge in [-0.05, 0) is 36.5 Å². The molecule has 1 fully saturated rings. The molecule has 0 amide bonds. The molecule has 6 heteroatoms. The van der Waals surface area contributed by atoms with Gasteiger partial charge in [-0.2, -0.15) is 0 Å². The van der Waals surface area contributed by atoms with Crippen molar-refractivity contribution in [2.45, 2.75) is 31.8 Å². The second-order valence-corrected chi connectivity index (χ2v) is 6.62. The second-order valence-electron chi connectivity index (χ2n) is 6.62. The lowest BCUT2D eigenvalue weighted by molar-refractivity contribution is 0.0425. The van der Waals surface area contributed by atoms with Crippen LogP contribution in [0.15, 0.2) is 24.5 Å². The quantitative estimate of drug-likeness (QED) is 0.813. The lowest BCUT2D eigenvalue weighted by atomic mass is 10.0. The third-order valence-electron chi connectivity index (χ3n) is 4.83. The van der Waals surface area contributed by atoms with E-state index >= 15 is 0 Å². The summed E-state index contributed by atoms with van der Waals surface area (Å²) >= 11 is 0. The molecule has 0 spiro atoms. The van der Waals surface area contributed by atoms with Crippen molar-refractivity contribution in [1.82, 2.24) is 24.9 Å². The molecule has 2 aromatic rings. The summed E-state index contributed by atoms with van der Waals surface area (Å²) in [5, 5.41) is 8.64. The molecular formula is C17H23N5O. The molecule has 6 nitrogen and oxygen atoms in total. The summed E-state index contributed by atoms with van der Waals surface area (Å²) in [6, 6.07) is 4.35. The van der Waals surface area contributed by atoms with Crippen molar-refractivity contribution in [2.24, 2.45) is 13.0 Å². The fourth-order valence-electron chi connectivity index (χ4n) is 3.25. The van der Waals surface area contributed by atoms with E-state index in [1.54, 1.807) is 0 Å². The Morgan fingerprint density at radius 1 is 1.22 bits per heavy atom. The van der Waals surface area contributed by atoms with Crippen LogP contribution in [0.25, 0.3) is 0 Å². The highest BCUT2D eigenvalue weighted by molar-refractivity contribution is 5.20. The molecule has 0 saturated heterocycles. The summed E-state index contributed by atoms with van der Waals surface area (Å²) in [6.07, 6.45) is 7.34. The summed E-state index contributed by atoms with van der Waals surface area (Å²) < 4.78 is 7.91. The minimum Gasteiger partial charge on any atom is -0.379 e. The zero-order chi connectivity index (χ0) is 15.6. The van der Waals surface area contributed by atoms with Gasteiger partial charge in [0.2, 0.25) is 0 Å². The SMILES string of the molecule is Cn1nnc2c1CCN(Cc1ccncc1)[C@@H]2COCC1CC1. The van der Waals surface area contributed by atoms with E-state index in [4.69, 9.17) is 4.74 Å². The number of hydrogen-bond acceptors (Lipinski definition) is 5. The summed E-state index contributed by atoms with van der Waals surface area (Å²) in [5.41, 5.74) is 3.61. The molecule has 122 valence electrons. The second kappa shape index (κ2) is 6.37. The van der Waals surface area contributed by atoms with Gasteiger partial charge >= 0.3 is 0 Å². The Kier molecular flexibility index (Phi) is 4.10. The van der Waals surface area contributed by atoms with E-state index in [0.717, 1.165) is 37.7 Å². The number of ether oxygens (including phenoxy) is 1. The van der Waals surface area contributed by atoms with Crippen LogP contribution in [-0.4, -0.2) is 44.6 Å². The molecule has 0 bridgehead atoms. The number of fused-ring (bicyclic) bond motifs is 1. The number of aryl methyl sites for hydroxylation is 1. The third-order valence-corrected chi connectivity index (χ3v) is 4.83. The Hall–Kier alpha value is -1.79. The highest BCUT2D eigenvalue weighted by Gasteiger charge is 2.32. The molecule has 1 saturated carbocycles. The van der Waals surface area contributed by atoms with Gasteiger partial charge in [0.05, 0.1) is 18.3 Å². The lowest BCUT2D eigenvalue weighted by Gasteiger charge is -2.34. The fraction of sp³-hybridized carbons (Fsp3) is 0.588. The van der Waals surface area contributed by atoms with Crippen LogP contribution in [0.4, 0.5) is 0 Å². The first-order chi connectivity index (χ1) is 11.3. The van der Waals surface area contributed by atoms with Crippen molar-refractivity contribution in [1.29, 1.82) is 0 Å². The first-order valence-corrected chi connectivity index (χ1v) is 8.40. The summed E-state index contributed by atoms with van der Waals surface area (Å²) in [6.45, 7) is 3.49. The molecular weight excluding hydrogens is 290 g/mol. The van der Waals surface area contributed by atoms with E-state index in [0.29, 0.717) is 6.61 Å². The molecule has 0 unspecified atom stereocenters. The molecule has 1 aliphatic carbocycles. The van der Waals surface area contributed by atoms with Crippen LogP contribution in [0, 0.1) is 5.92 Å². The van der Waals surface area contributed by atoms with Crippen molar-refractivity contribution in [3.05, 3.63) is 41.5 Å². The Morgan fingerprint density at radius 2 is 2.04 bits per heavy atom. The number of nitrogens with zero attached hydrogens (tertiary/aromatic N) is 5. The van der Waals surface area contributed by atoms with E-state index in [-0.39, 0.29) is 6.04 Å². The third kappa shape index (κ3) is 3.28.